The van der Waals surface area contributed by atoms with E-state index in [9.17, 15) is 4.79 Å². The Kier molecular flexibility index (Phi) is 5.28. The molecule has 1 aliphatic rings. The quantitative estimate of drug-likeness (QED) is 0.874. The average molecular weight is 340 g/mol. The van der Waals surface area contributed by atoms with Crippen LogP contribution in [-0.4, -0.2) is 35.1 Å². The van der Waals surface area contributed by atoms with Crippen LogP contribution >= 0.6 is 0 Å². The Bertz CT molecular complexity index is 750. The van der Waals surface area contributed by atoms with Gasteiger partial charge in [-0.2, -0.15) is 0 Å². The van der Waals surface area contributed by atoms with Crippen molar-refractivity contribution in [1.29, 1.82) is 0 Å². The molecule has 3 rings (SSSR count). The van der Waals surface area contributed by atoms with E-state index < -0.39 is 0 Å². The summed E-state index contributed by atoms with van der Waals surface area (Å²) in [5, 5.41) is 6.15. The van der Waals surface area contributed by atoms with E-state index in [0.29, 0.717) is 18.2 Å². The molecule has 2 heterocycles. The summed E-state index contributed by atoms with van der Waals surface area (Å²) in [5.41, 5.74) is 3.98. The summed E-state index contributed by atoms with van der Waals surface area (Å²) in [6.45, 7) is 7.27. The Hall–Kier alpha value is -2.47. The first kappa shape index (κ1) is 17.4. The van der Waals surface area contributed by atoms with Crippen LogP contribution in [0.5, 0.6) is 0 Å². The fourth-order valence-corrected chi connectivity index (χ4v) is 2.96. The first-order valence-corrected chi connectivity index (χ1v) is 8.61. The van der Waals surface area contributed by atoms with Crippen molar-refractivity contribution < 1.29 is 9.53 Å². The van der Waals surface area contributed by atoms with Crippen LogP contribution in [-0.2, 0) is 4.74 Å². The zero-order valence-electron chi connectivity index (χ0n) is 14.9. The second-order valence-corrected chi connectivity index (χ2v) is 6.46. The maximum atomic E-state index is 12.6. The highest BCUT2D eigenvalue weighted by Crippen LogP contribution is 2.20. The Balaban J connectivity index is 1.73. The first-order valence-electron chi connectivity index (χ1n) is 8.61. The molecule has 6 nitrogen and oxygen atoms in total. The van der Waals surface area contributed by atoms with E-state index in [1.54, 1.807) is 6.07 Å². The summed E-state index contributed by atoms with van der Waals surface area (Å²) in [6, 6.07) is 7.62. The topological polar surface area (TPSA) is 76.1 Å². The van der Waals surface area contributed by atoms with Crippen LogP contribution in [0.3, 0.4) is 0 Å². The predicted octanol–water partition coefficient (Wildman–Crippen LogP) is 3.25. The van der Waals surface area contributed by atoms with Crippen LogP contribution in [0.2, 0.25) is 0 Å². The van der Waals surface area contributed by atoms with E-state index in [4.69, 9.17) is 4.74 Å². The Morgan fingerprint density at radius 1 is 1.24 bits per heavy atom. The van der Waals surface area contributed by atoms with Crippen LogP contribution in [0.4, 0.5) is 11.6 Å². The second-order valence-electron chi connectivity index (χ2n) is 6.46. The summed E-state index contributed by atoms with van der Waals surface area (Å²) < 4.78 is 5.59. The van der Waals surface area contributed by atoms with Gasteiger partial charge in [0.15, 0.2) is 0 Å². The molecule has 2 aromatic rings. The molecule has 0 radical (unpaired) electrons. The Labute approximate surface area is 148 Å². The van der Waals surface area contributed by atoms with Crippen molar-refractivity contribution in [3.05, 3.63) is 46.8 Å². The third-order valence-electron chi connectivity index (χ3n) is 4.32. The molecule has 2 N–H and O–H groups in total. The number of carbonyl (C=O) groups is 1. The second kappa shape index (κ2) is 7.61. The van der Waals surface area contributed by atoms with Crippen molar-refractivity contribution in [2.75, 3.05) is 23.8 Å². The van der Waals surface area contributed by atoms with E-state index in [-0.39, 0.29) is 12.0 Å². The molecular formula is C19H24N4O2. The van der Waals surface area contributed by atoms with Gasteiger partial charge in [-0.25, -0.2) is 9.97 Å². The van der Waals surface area contributed by atoms with Crippen LogP contribution in [0.15, 0.2) is 24.3 Å². The molecule has 1 saturated heterocycles. The number of benzene rings is 1. The number of nitrogens with one attached hydrogen (secondary N) is 2. The van der Waals surface area contributed by atoms with Crippen molar-refractivity contribution in [3.63, 3.8) is 0 Å². The SMILES string of the molecule is Cc1cc(C(=O)Nc2c(C)cccc2C)nc(NCC2CCCO2)n1. The van der Waals surface area contributed by atoms with Crippen LogP contribution < -0.4 is 10.6 Å². The molecule has 0 bridgehead atoms. The molecule has 132 valence electrons. The molecule has 1 unspecified atom stereocenters. The summed E-state index contributed by atoms with van der Waals surface area (Å²) in [4.78, 5) is 21.4. The number of hydrogen-bond acceptors (Lipinski definition) is 5. The average Bonchev–Trinajstić information content (AvgIpc) is 3.09. The fraction of sp³-hybridized carbons (Fsp3) is 0.421. The van der Waals surface area contributed by atoms with E-state index in [1.807, 2.05) is 39.0 Å². The Morgan fingerprint density at radius 2 is 2.00 bits per heavy atom. The maximum absolute atomic E-state index is 12.6. The molecule has 0 aliphatic carbocycles. The summed E-state index contributed by atoms with van der Waals surface area (Å²) in [6.07, 6.45) is 2.32. The van der Waals surface area contributed by atoms with Crippen molar-refractivity contribution in [2.45, 2.75) is 39.7 Å². The number of aromatic nitrogens is 2. The first-order chi connectivity index (χ1) is 12.0. The third-order valence-corrected chi connectivity index (χ3v) is 4.32. The number of para-hydroxylation sites is 1. The molecule has 1 amide bonds. The maximum Gasteiger partial charge on any atom is 0.274 e. The molecule has 1 fully saturated rings. The van der Waals surface area contributed by atoms with Crippen LogP contribution in [0, 0.1) is 20.8 Å². The number of amides is 1. The summed E-state index contributed by atoms with van der Waals surface area (Å²) in [7, 11) is 0. The molecular weight excluding hydrogens is 316 g/mol. The van der Waals surface area contributed by atoms with Gasteiger partial charge >= 0.3 is 0 Å². The lowest BCUT2D eigenvalue weighted by molar-refractivity contribution is 0.102. The minimum absolute atomic E-state index is 0.191. The zero-order chi connectivity index (χ0) is 17.8. The Morgan fingerprint density at radius 3 is 2.68 bits per heavy atom. The number of rotatable bonds is 5. The highest BCUT2D eigenvalue weighted by atomic mass is 16.5. The molecule has 25 heavy (non-hydrogen) atoms. The normalized spacial score (nSPS) is 16.7. The number of anilines is 2. The van der Waals surface area contributed by atoms with Gasteiger partial charge in [0.2, 0.25) is 5.95 Å². The number of nitrogens with zero attached hydrogens (tertiary/aromatic N) is 2. The van der Waals surface area contributed by atoms with Gasteiger partial charge in [0.25, 0.3) is 5.91 Å². The van der Waals surface area contributed by atoms with Crippen LogP contribution in [0.1, 0.15) is 40.2 Å². The minimum atomic E-state index is -0.233. The van der Waals surface area contributed by atoms with Crippen molar-refractivity contribution in [2.24, 2.45) is 0 Å². The van der Waals surface area contributed by atoms with Gasteiger partial charge in [0, 0.05) is 24.5 Å². The highest BCUT2D eigenvalue weighted by molar-refractivity contribution is 6.03. The van der Waals surface area contributed by atoms with E-state index in [1.165, 1.54) is 0 Å². The van der Waals surface area contributed by atoms with Gasteiger partial charge in [-0.15, -0.1) is 0 Å². The molecule has 6 heteroatoms. The van der Waals surface area contributed by atoms with Gasteiger partial charge in [-0.05, 0) is 50.8 Å². The van der Waals surface area contributed by atoms with E-state index >= 15 is 0 Å². The van der Waals surface area contributed by atoms with E-state index in [2.05, 4.69) is 20.6 Å². The van der Waals surface area contributed by atoms with Crippen LogP contribution in [0.25, 0.3) is 0 Å². The van der Waals surface area contributed by atoms with Gasteiger partial charge in [0.1, 0.15) is 5.69 Å². The summed E-state index contributed by atoms with van der Waals surface area (Å²) in [5.74, 6) is 0.227. The zero-order valence-corrected chi connectivity index (χ0v) is 14.9. The van der Waals surface area contributed by atoms with Crippen molar-refractivity contribution in [3.8, 4) is 0 Å². The third kappa shape index (κ3) is 4.33. The van der Waals surface area contributed by atoms with Crippen molar-refractivity contribution in [1.82, 2.24) is 9.97 Å². The molecule has 1 atom stereocenters. The minimum Gasteiger partial charge on any atom is -0.376 e. The van der Waals surface area contributed by atoms with E-state index in [0.717, 1.165) is 42.0 Å². The number of ether oxygens (including phenoxy) is 1. The van der Waals surface area contributed by atoms with Gasteiger partial charge < -0.3 is 15.4 Å². The molecule has 1 aromatic heterocycles. The molecule has 0 saturated carbocycles. The number of carbonyl (C=O) groups excluding carboxylic acids is 1. The number of hydrogen-bond donors (Lipinski definition) is 2. The fourth-order valence-electron chi connectivity index (χ4n) is 2.96. The smallest absolute Gasteiger partial charge is 0.274 e. The lowest BCUT2D eigenvalue weighted by Crippen LogP contribution is -2.21. The van der Waals surface area contributed by atoms with Gasteiger partial charge in [-0.1, -0.05) is 18.2 Å². The molecule has 1 aromatic carbocycles. The van der Waals surface area contributed by atoms with Gasteiger partial charge in [-0.3, -0.25) is 4.79 Å². The lowest BCUT2D eigenvalue weighted by atomic mass is 10.1. The largest absolute Gasteiger partial charge is 0.376 e. The van der Waals surface area contributed by atoms with Gasteiger partial charge in [0.05, 0.1) is 6.10 Å². The lowest BCUT2D eigenvalue weighted by Gasteiger charge is -2.13. The molecule has 1 aliphatic heterocycles. The highest BCUT2D eigenvalue weighted by Gasteiger charge is 2.17. The number of aryl methyl sites for hydroxylation is 3. The monoisotopic (exact) mass is 340 g/mol. The standard InChI is InChI=1S/C19H24N4O2/c1-12-6-4-7-13(2)17(12)23-18(24)16-10-14(3)21-19(22-16)20-11-15-8-5-9-25-15/h4,6-7,10,15H,5,8-9,11H2,1-3H3,(H,23,24)(H,20,21,22). The van der Waals surface area contributed by atoms with Crippen molar-refractivity contribution >= 4 is 17.5 Å². The summed E-state index contributed by atoms with van der Waals surface area (Å²) >= 11 is 0. The molecule has 0 spiro atoms. The predicted molar refractivity (Wildman–Crippen MR) is 98.1 cm³/mol.